The number of pyridine rings is 1. The van der Waals surface area contributed by atoms with E-state index < -0.39 is 0 Å². The van der Waals surface area contributed by atoms with Crippen LogP contribution in [0, 0.1) is 0 Å². The predicted molar refractivity (Wildman–Crippen MR) is 114 cm³/mol. The highest BCUT2D eigenvalue weighted by Crippen LogP contribution is 2.30. The van der Waals surface area contributed by atoms with E-state index in [0.717, 1.165) is 47.4 Å². The van der Waals surface area contributed by atoms with Gasteiger partial charge in [0, 0.05) is 49.9 Å². The van der Waals surface area contributed by atoms with Crippen LogP contribution in [0.1, 0.15) is 18.4 Å². The molecular formula is C23H26N4O3. The molecule has 4 rings (SSSR count). The van der Waals surface area contributed by atoms with Gasteiger partial charge in [0.05, 0.1) is 12.7 Å². The Kier molecular flexibility index (Phi) is 6.51. The number of aryl methyl sites for hydroxylation is 1. The minimum Gasteiger partial charge on any atom is -0.376 e. The summed E-state index contributed by atoms with van der Waals surface area (Å²) < 4.78 is 12.7. The lowest BCUT2D eigenvalue weighted by Crippen LogP contribution is -2.28. The standard InChI is InChI=1S/C23H26N4O3/c1-27-14-21(18-8-10-24-11-9-18)23(26-27)19-6-4-17(5-7-19)13-25-22(28)16-29-15-20-3-2-12-30-20/h4-11,14,20H,2-3,12-13,15-16H2,1H3,(H,25,28)/t20-/m0/s1. The maximum atomic E-state index is 12.0. The van der Waals surface area contributed by atoms with Gasteiger partial charge in [-0.05, 0) is 36.1 Å². The van der Waals surface area contributed by atoms with E-state index in [0.29, 0.717) is 13.2 Å². The number of aromatic nitrogens is 3. The number of nitrogens with zero attached hydrogens (tertiary/aromatic N) is 3. The van der Waals surface area contributed by atoms with Gasteiger partial charge in [0.15, 0.2) is 0 Å². The molecule has 7 nitrogen and oxygen atoms in total. The first kappa shape index (κ1) is 20.3. The summed E-state index contributed by atoms with van der Waals surface area (Å²) >= 11 is 0. The molecule has 0 spiro atoms. The highest BCUT2D eigenvalue weighted by Gasteiger charge is 2.16. The Morgan fingerprint density at radius 3 is 2.73 bits per heavy atom. The number of carbonyl (C=O) groups is 1. The van der Waals surface area contributed by atoms with Crippen molar-refractivity contribution in [2.75, 3.05) is 19.8 Å². The van der Waals surface area contributed by atoms with Crippen molar-refractivity contribution in [3.63, 3.8) is 0 Å². The Morgan fingerprint density at radius 2 is 2.00 bits per heavy atom. The van der Waals surface area contributed by atoms with Gasteiger partial charge in [0.25, 0.3) is 0 Å². The SMILES string of the molecule is Cn1cc(-c2ccncc2)c(-c2ccc(CNC(=O)COC[C@@H]3CCCO3)cc2)n1. The van der Waals surface area contributed by atoms with E-state index in [2.05, 4.69) is 15.4 Å². The van der Waals surface area contributed by atoms with Crippen LogP contribution in [0.3, 0.4) is 0 Å². The predicted octanol–water partition coefficient (Wildman–Crippen LogP) is 2.96. The summed E-state index contributed by atoms with van der Waals surface area (Å²) in [7, 11) is 1.92. The number of ether oxygens (including phenoxy) is 2. The molecule has 3 aromatic rings. The summed E-state index contributed by atoms with van der Waals surface area (Å²) in [5.41, 5.74) is 5.10. The van der Waals surface area contributed by atoms with Crippen molar-refractivity contribution < 1.29 is 14.3 Å². The molecule has 1 aliphatic rings. The van der Waals surface area contributed by atoms with Crippen LogP contribution in [0.2, 0.25) is 0 Å². The zero-order valence-electron chi connectivity index (χ0n) is 17.1. The topological polar surface area (TPSA) is 78.3 Å². The average molecular weight is 406 g/mol. The summed E-state index contributed by atoms with van der Waals surface area (Å²) in [5, 5.41) is 7.52. The van der Waals surface area contributed by atoms with Gasteiger partial charge in [-0.15, -0.1) is 0 Å². The summed E-state index contributed by atoms with van der Waals surface area (Å²) in [6.07, 6.45) is 7.78. The molecular weight excluding hydrogens is 380 g/mol. The third-order valence-corrected chi connectivity index (χ3v) is 5.10. The number of carbonyl (C=O) groups excluding carboxylic acids is 1. The minimum atomic E-state index is -0.123. The minimum absolute atomic E-state index is 0.0567. The Bertz CT molecular complexity index is 964. The first-order chi connectivity index (χ1) is 14.7. The quantitative estimate of drug-likeness (QED) is 0.622. The molecule has 0 unspecified atom stereocenters. The summed E-state index contributed by atoms with van der Waals surface area (Å²) in [6, 6.07) is 12.0. The molecule has 2 aromatic heterocycles. The maximum Gasteiger partial charge on any atom is 0.246 e. The van der Waals surface area contributed by atoms with Gasteiger partial charge in [0.1, 0.15) is 12.3 Å². The number of amides is 1. The number of hydrogen-bond acceptors (Lipinski definition) is 5. The zero-order chi connectivity index (χ0) is 20.8. The van der Waals surface area contributed by atoms with E-state index in [9.17, 15) is 4.79 Å². The highest BCUT2D eigenvalue weighted by atomic mass is 16.5. The number of hydrogen-bond donors (Lipinski definition) is 1. The molecule has 156 valence electrons. The van der Waals surface area contributed by atoms with E-state index in [1.54, 1.807) is 12.4 Å². The molecule has 1 aromatic carbocycles. The molecule has 1 saturated heterocycles. The van der Waals surface area contributed by atoms with Crippen LogP contribution in [0.25, 0.3) is 22.4 Å². The van der Waals surface area contributed by atoms with E-state index in [1.807, 2.05) is 54.3 Å². The number of nitrogens with one attached hydrogen (secondary N) is 1. The first-order valence-corrected chi connectivity index (χ1v) is 10.2. The van der Waals surface area contributed by atoms with Crippen molar-refractivity contribution in [1.82, 2.24) is 20.1 Å². The molecule has 0 radical (unpaired) electrons. The molecule has 7 heteroatoms. The summed E-state index contributed by atoms with van der Waals surface area (Å²) in [6.45, 7) is 1.79. The lowest BCUT2D eigenvalue weighted by molar-refractivity contribution is -0.127. The van der Waals surface area contributed by atoms with Gasteiger partial charge in [-0.25, -0.2) is 0 Å². The van der Waals surface area contributed by atoms with Crippen molar-refractivity contribution in [1.29, 1.82) is 0 Å². The van der Waals surface area contributed by atoms with E-state index >= 15 is 0 Å². The Morgan fingerprint density at radius 1 is 1.20 bits per heavy atom. The second-order valence-corrected chi connectivity index (χ2v) is 7.42. The molecule has 0 bridgehead atoms. The van der Waals surface area contributed by atoms with Gasteiger partial charge in [-0.2, -0.15) is 5.10 Å². The fraction of sp³-hybridized carbons (Fsp3) is 0.348. The van der Waals surface area contributed by atoms with Crippen LogP contribution < -0.4 is 5.32 Å². The van der Waals surface area contributed by atoms with Crippen LogP contribution in [-0.4, -0.2) is 46.6 Å². The van der Waals surface area contributed by atoms with Crippen LogP contribution in [0.4, 0.5) is 0 Å². The molecule has 1 atom stereocenters. The second-order valence-electron chi connectivity index (χ2n) is 7.42. The largest absolute Gasteiger partial charge is 0.376 e. The average Bonchev–Trinajstić information content (AvgIpc) is 3.43. The van der Waals surface area contributed by atoms with Crippen molar-refractivity contribution in [2.45, 2.75) is 25.5 Å². The first-order valence-electron chi connectivity index (χ1n) is 10.2. The molecule has 30 heavy (non-hydrogen) atoms. The van der Waals surface area contributed by atoms with Gasteiger partial charge in [-0.3, -0.25) is 14.5 Å². The molecule has 1 fully saturated rings. The second kappa shape index (κ2) is 9.65. The van der Waals surface area contributed by atoms with Gasteiger partial charge >= 0.3 is 0 Å². The third-order valence-electron chi connectivity index (χ3n) is 5.10. The van der Waals surface area contributed by atoms with Crippen molar-refractivity contribution in [3.8, 4) is 22.4 Å². The fourth-order valence-corrected chi connectivity index (χ4v) is 3.54. The molecule has 1 N–H and O–H groups in total. The number of rotatable bonds is 8. The van der Waals surface area contributed by atoms with Gasteiger partial charge in [0.2, 0.25) is 5.91 Å². The molecule has 0 saturated carbocycles. The van der Waals surface area contributed by atoms with E-state index in [-0.39, 0.29) is 18.6 Å². The Balaban J connectivity index is 1.33. The van der Waals surface area contributed by atoms with Gasteiger partial charge in [-0.1, -0.05) is 24.3 Å². The Hall–Kier alpha value is -3.03. The lowest BCUT2D eigenvalue weighted by atomic mass is 10.0. The fourth-order valence-electron chi connectivity index (χ4n) is 3.54. The maximum absolute atomic E-state index is 12.0. The van der Waals surface area contributed by atoms with Crippen LogP contribution in [0.15, 0.2) is 55.0 Å². The smallest absolute Gasteiger partial charge is 0.246 e. The Labute approximate surface area is 176 Å². The van der Waals surface area contributed by atoms with Crippen LogP contribution in [-0.2, 0) is 27.9 Å². The van der Waals surface area contributed by atoms with E-state index in [1.165, 1.54) is 0 Å². The van der Waals surface area contributed by atoms with Crippen LogP contribution in [0.5, 0.6) is 0 Å². The van der Waals surface area contributed by atoms with Crippen LogP contribution >= 0.6 is 0 Å². The van der Waals surface area contributed by atoms with Crippen molar-refractivity contribution in [3.05, 3.63) is 60.6 Å². The normalized spacial score (nSPS) is 16.0. The van der Waals surface area contributed by atoms with Crippen molar-refractivity contribution >= 4 is 5.91 Å². The highest BCUT2D eigenvalue weighted by molar-refractivity contribution is 5.80. The zero-order valence-corrected chi connectivity index (χ0v) is 17.1. The van der Waals surface area contributed by atoms with E-state index in [4.69, 9.17) is 9.47 Å². The monoisotopic (exact) mass is 406 g/mol. The van der Waals surface area contributed by atoms with Crippen molar-refractivity contribution in [2.24, 2.45) is 7.05 Å². The third kappa shape index (κ3) is 5.11. The lowest BCUT2D eigenvalue weighted by Gasteiger charge is -2.10. The molecule has 0 aliphatic carbocycles. The van der Waals surface area contributed by atoms with Gasteiger partial charge < -0.3 is 14.8 Å². The molecule has 3 heterocycles. The molecule has 1 aliphatic heterocycles. The number of benzene rings is 1. The molecule has 1 amide bonds. The summed E-state index contributed by atoms with van der Waals surface area (Å²) in [5.74, 6) is -0.123. The summed E-state index contributed by atoms with van der Waals surface area (Å²) in [4.78, 5) is 16.1.